The Morgan fingerprint density at radius 1 is 1.31 bits per heavy atom. The van der Waals surface area contributed by atoms with Crippen LogP contribution in [0.4, 0.5) is 8.78 Å². The van der Waals surface area contributed by atoms with E-state index in [0.717, 1.165) is 12.1 Å². The van der Waals surface area contributed by atoms with Gasteiger partial charge >= 0.3 is 0 Å². The molecule has 2 nitrogen and oxygen atoms in total. The van der Waals surface area contributed by atoms with E-state index in [4.69, 9.17) is 0 Å². The third-order valence-electron chi connectivity index (χ3n) is 1.37. The van der Waals surface area contributed by atoms with Gasteiger partial charge in [-0.3, -0.25) is 4.79 Å². The first kappa shape index (κ1) is 11.6. The summed E-state index contributed by atoms with van der Waals surface area (Å²) in [7, 11) is 0. The quantitative estimate of drug-likeness (QED) is 0.719. The van der Waals surface area contributed by atoms with Crippen LogP contribution in [0.25, 0.3) is 0 Å². The molecule has 0 aliphatic heterocycles. The van der Waals surface area contributed by atoms with Gasteiger partial charge in [0.1, 0.15) is 0 Å². The van der Waals surface area contributed by atoms with Gasteiger partial charge < -0.3 is 5.32 Å². The van der Waals surface area contributed by atoms with Crippen LogP contribution in [-0.4, -0.2) is 6.41 Å². The Morgan fingerprint density at radius 3 is 2.54 bits per heavy atom. The standard InChI is InChI=1S/C8H7F2NO.CH4/c9-7-2-1-6(3-8(7)10)4-11-5-12;/h1-3,5H,4H2,(H,11,12);1H4. The van der Waals surface area contributed by atoms with Crippen molar-refractivity contribution in [2.45, 2.75) is 14.0 Å². The van der Waals surface area contributed by atoms with Gasteiger partial charge in [0, 0.05) is 6.54 Å². The van der Waals surface area contributed by atoms with E-state index in [0.29, 0.717) is 12.0 Å². The fourth-order valence-electron chi connectivity index (χ4n) is 0.809. The van der Waals surface area contributed by atoms with Crippen LogP contribution in [0.2, 0.25) is 0 Å². The molecule has 0 heterocycles. The topological polar surface area (TPSA) is 29.1 Å². The Balaban J connectivity index is 0.00000144. The van der Waals surface area contributed by atoms with Crippen LogP contribution in [0.1, 0.15) is 13.0 Å². The summed E-state index contributed by atoms with van der Waals surface area (Å²) in [5.74, 6) is -1.79. The van der Waals surface area contributed by atoms with Crippen molar-refractivity contribution in [3.8, 4) is 0 Å². The van der Waals surface area contributed by atoms with Crippen molar-refractivity contribution in [3.05, 3.63) is 35.4 Å². The zero-order chi connectivity index (χ0) is 8.97. The van der Waals surface area contributed by atoms with E-state index in [-0.39, 0.29) is 14.0 Å². The lowest BCUT2D eigenvalue weighted by molar-refractivity contribution is -0.109. The van der Waals surface area contributed by atoms with E-state index in [1.807, 2.05) is 0 Å². The lowest BCUT2D eigenvalue weighted by Crippen LogP contribution is -2.09. The van der Waals surface area contributed by atoms with E-state index in [1.165, 1.54) is 6.07 Å². The van der Waals surface area contributed by atoms with E-state index in [9.17, 15) is 13.6 Å². The van der Waals surface area contributed by atoms with Crippen LogP contribution in [0.15, 0.2) is 18.2 Å². The van der Waals surface area contributed by atoms with Gasteiger partial charge in [0.25, 0.3) is 0 Å². The molecule has 0 aromatic heterocycles. The predicted molar refractivity (Wildman–Crippen MR) is 46.0 cm³/mol. The first-order chi connectivity index (χ1) is 5.74. The second kappa shape index (κ2) is 5.24. The van der Waals surface area contributed by atoms with Crippen LogP contribution >= 0.6 is 0 Å². The molecular formula is C9H11F2NO. The molecule has 0 saturated carbocycles. The number of nitrogens with one attached hydrogen (secondary N) is 1. The summed E-state index contributed by atoms with van der Waals surface area (Å²) in [6.07, 6.45) is 0.501. The summed E-state index contributed by atoms with van der Waals surface area (Å²) in [5.41, 5.74) is 0.529. The highest BCUT2D eigenvalue weighted by molar-refractivity contribution is 5.46. The largest absolute Gasteiger partial charge is 0.355 e. The highest BCUT2D eigenvalue weighted by atomic mass is 19.2. The van der Waals surface area contributed by atoms with Crippen LogP contribution < -0.4 is 5.32 Å². The zero-order valence-electron chi connectivity index (χ0n) is 6.18. The van der Waals surface area contributed by atoms with Gasteiger partial charge in [-0.1, -0.05) is 13.5 Å². The van der Waals surface area contributed by atoms with Crippen LogP contribution in [0, 0.1) is 11.6 Å². The van der Waals surface area contributed by atoms with Crippen molar-refractivity contribution in [2.24, 2.45) is 0 Å². The number of hydrogen-bond acceptors (Lipinski definition) is 1. The van der Waals surface area contributed by atoms with Crippen molar-refractivity contribution in [1.82, 2.24) is 5.32 Å². The summed E-state index contributed by atoms with van der Waals surface area (Å²) in [4.78, 5) is 9.85. The van der Waals surface area contributed by atoms with E-state index in [2.05, 4.69) is 5.32 Å². The SMILES string of the molecule is C.O=CNCc1ccc(F)c(F)c1. The van der Waals surface area contributed by atoms with Gasteiger partial charge in [0.2, 0.25) is 6.41 Å². The number of amides is 1. The molecule has 0 atom stereocenters. The van der Waals surface area contributed by atoms with Crippen molar-refractivity contribution in [1.29, 1.82) is 0 Å². The molecule has 1 aromatic rings. The molecule has 0 bridgehead atoms. The van der Waals surface area contributed by atoms with Gasteiger partial charge in [-0.2, -0.15) is 0 Å². The van der Waals surface area contributed by atoms with Crippen molar-refractivity contribution >= 4 is 6.41 Å². The first-order valence-electron chi connectivity index (χ1n) is 3.35. The molecule has 0 aliphatic carbocycles. The molecule has 0 radical (unpaired) electrons. The van der Waals surface area contributed by atoms with E-state index < -0.39 is 11.6 Å². The summed E-state index contributed by atoms with van der Waals surface area (Å²) >= 11 is 0. The second-order valence-electron chi connectivity index (χ2n) is 2.25. The minimum absolute atomic E-state index is 0. The molecule has 1 N–H and O–H groups in total. The lowest BCUT2D eigenvalue weighted by atomic mass is 10.2. The Kier molecular flexibility index (Phi) is 4.66. The molecule has 0 aliphatic rings. The second-order valence-corrected chi connectivity index (χ2v) is 2.25. The summed E-state index contributed by atoms with van der Waals surface area (Å²) in [6.45, 7) is 0.209. The van der Waals surface area contributed by atoms with Gasteiger partial charge in [0.05, 0.1) is 0 Å². The number of benzene rings is 1. The summed E-state index contributed by atoms with van der Waals surface area (Å²) in [6, 6.07) is 3.48. The normalized spacial score (nSPS) is 8.77. The number of carbonyl (C=O) groups excluding carboxylic acids is 1. The molecule has 1 rings (SSSR count). The number of halogens is 2. The van der Waals surface area contributed by atoms with Gasteiger partial charge in [-0.15, -0.1) is 0 Å². The van der Waals surface area contributed by atoms with E-state index >= 15 is 0 Å². The molecule has 1 aromatic carbocycles. The maximum Gasteiger partial charge on any atom is 0.207 e. The van der Waals surface area contributed by atoms with Crippen molar-refractivity contribution < 1.29 is 13.6 Å². The third kappa shape index (κ3) is 3.19. The third-order valence-corrected chi connectivity index (χ3v) is 1.37. The summed E-state index contributed by atoms with van der Waals surface area (Å²) < 4.78 is 24.9. The highest BCUT2D eigenvalue weighted by Crippen LogP contribution is 2.07. The number of hydrogen-bond donors (Lipinski definition) is 1. The number of carbonyl (C=O) groups is 1. The van der Waals surface area contributed by atoms with Crippen LogP contribution in [0.3, 0.4) is 0 Å². The highest BCUT2D eigenvalue weighted by Gasteiger charge is 2.00. The maximum atomic E-state index is 12.5. The molecule has 0 fully saturated rings. The Morgan fingerprint density at radius 2 is 2.00 bits per heavy atom. The molecule has 0 spiro atoms. The van der Waals surface area contributed by atoms with Gasteiger partial charge in [-0.25, -0.2) is 8.78 Å². The molecular weight excluding hydrogens is 176 g/mol. The first-order valence-corrected chi connectivity index (χ1v) is 3.35. The minimum atomic E-state index is -0.903. The van der Waals surface area contributed by atoms with Crippen molar-refractivity contribution in [3.63, 3.8) is 0 Å². The smallest absolute Gasteiger partial charge is 0.207 e. The maximum absolute atomic E-state index is 12.5. The van der Waals surface area contributed by atoms with Crippen molar-refractivity contribution in [2.75, 3.05) is 0 Å². The predicted octanol–water partition coefficient (Wildman–Crippen LogP) is 1.85. The molecule has 13 heavy (non-hydrogen) atoms. The monoisotopic (exact) mass is 187 g/mol. The molecule has 0 unspecified atom stereocenters. The van der Waals surface area contributed by atoms with Crippen LogP contribution in [-0.2, 0) is 11.3 Å². The fourth-order valence-corrected chi connectivity index (χ4v) is 0.809. The summed E-state index contributed by atoms with van der Waals surface area (Å²) in [5, 5.41) is 2.34. The molecule has 0 saturated heterocycles. The minimum Gasteiger partial charge on any atom is -0.355 e. The van der Waals surface area contributed by atoms with Crippen LogP contribution in [0.5, 0.6) is 0 Å². The van der Waals surface area contributed by atoms with Gasteiger partial charge in [-0.05, 0) is 17.7 Å². The molecule has 4 heteroatoms. The lowest BCUT2D eigenvalue weighted by Gasteiger charge is -1.99. The molecule has 72 valence electrons. The van der Waals surface area contributed by atoms with Gasteiger partial charge in [0.15, 0.2) is 11.6 Å². The Hall–Kier alpha value is -1.45. The average Bonchev–Trinajstić information content (AvgIpc) is 2.07. The number of rotatable bonds is 3. The Labute approximate surface area is 75.6 Å². The fraction of sp³-hybridized carbons (Fsp3) is 0.222. The molecule has 1 amide bonds. The van der Waals surface area contributed by atoms with E-state index in [1.54, 1.807) is 0 Å². The zero-order valence-corrected chi connectivity index (χ0v) is 6.18. The average molecular weight is 187 g/mol. The Bertz CT molecular complexity index is 289.